The van der Waals surface area contributed by atoms with E-state index in [4.69, 9.17) is 0 Å². The van der Waals surface area contributed by atoms with Crippen molar-refractivity contribution in [1.29, 1.82) is 0 Å². The van der Waals surface area contributed by atoms with Gasteiger partial charge in [-0.3, -0.25) is 4.79 Å². The van der Waals surface area contributed by atoms with Crippen LogP contribution in [0.25, 0.3) is 10.8 Å². The van der Waals surface area contributed by atoms with Gasteiger partial charge in [-0.25, -0.2) is 0 Å². The minimum Gasteiger partial charge on any atom is -0.388 e. The summed E-state index contributed by atoms with van der Waals surface area (Å²) in [6, 6.07) is 3.74. The average molecular weight is 229 g/mol. The second kappa shape index (κ2) is 3.44. The van der Waals surface area contributed by atoms with Crippen LogP contribution in [0.1, 0.15) is 29.2 Å². The van der Waals surface area contributed by atoms with Gasteiger partial charge in [0.2, 0.25) is 0 Å². The van der Waals surface area contributed by atoms with Crippen molar-refractivity contribution in [2.75, 3.05) is 0 Å². The summed E-state index contributed by atoms with van der Waals surface area (Å²) in [5.41, 5.74) is 3.38. The predicted molar refractivity (Wildman–Crippen MR) is 67.2 cm³/mol. The number of nitrogens with zero attached hydrogens (tertiary/aromatic N) is 1. The molecule has 88 valence electrons. The molecule has 0 bridgehead atoms. The second-order valence-corrected chi connectivity index (χ2v) is 4.87. The molecule has 0 spiro atoms. The molecule has 3 nitrogen and oxygen atoms in total. The summed E-state index contributed by atoms with van der Waals surface area (Å²) in [5.74, 6) is 0. The van der Waals surface area contributed by atoms with Gasteiger partial charge in [0.1, 0.15) is 0 Å². The molecule has 1 unspecified atom stereocenters. The van der Waals surface area contributed by atoms with Gasteiger partial charge < -0.3 is 9.67 Å². The Morgan fingerprint density at radius 1 is 1.41 bits per heavy atom. The Morgan fingerprint density at radius 3 is 2.94 bits per heavy atom. The SMILES string of the molecule is Cc1cc2cn(C)c(=O)cc2c2c1CCC2O. The minimum absolute atomic E-state index is 0.0253. The van der Waals surface area contributed by atoms with E-state index in [0.29, 0.717) is 0 Å². The molecule has 17 heavy (non-hydrogen) atoms. The normalized spacial score (nSPS) is 18.6. The highest BCUT2D eigenvalue weighted by atomic mass is 16.3. The van der Waals surface area contributed by atoms with Gasteiger partial charge in [-0.15, -0.1) is 0 Å². The molecule has 0 saturated heterocycles. The largest absolute Gasteiger partial charge is 0.388 e. The molecular weight excluding hydrogens is 214 g/mol. The molecule has 0 radical (unpaired) electrons. The number of fused-ring (bicyclic) bond motifs is 3. The number of aliphatic hydroxyl groups is 1. The van der Waals surface area contributed by atoms with E-state index in [9.17, 15) is 9.90 Å². The number of aryl methyl sites for hydroxylation is 2. The maximum Gasteiger partial charge on any atom is 0.250 e. The molecule has 1 heterocycles. The Hall–Kier alpha value is -1.61. The first-order valence-electron chi connectivity index (χ1n) is 5.89. The van der Waals surface area contributed by atoms with Crippen molar-refractivity contribution >= 4 is 10.8 Å². The lowest BCUT2D eigenvalue weighted by Crippen LogP contribution is -2.14. The van der Waals surface area contributed by atoms with Crippen LogP contribution < -0.4 is 5.56 Å². The van der Waals surface area contributed by atoms with Gasteiger partial charge in [-0.1, -0.05) is 0 Å². The molecule has 0 saturated carbocycles. The van der Waals surface area contributed by atoms with Crippen molar-refractivity contribution in [1.82, 2.24) is 4.57 Å². The quantitative estimate of drug-likeness (QED) is 0.748. The third-order valence-electron chi connectivity index (χ3n) is 3.72. The third kappa shape index (κ3) is 1.42. The molecule has 1 atom stereocenters. The van der Waals surface area contributed by atoms with Crippen molar-refractivity contribution in [2.24, 2.45) is 7.05 Å². The van der Waals surface area contributed by atoms with Crippen LogP contribution in [0.2, 0.25) is 0 Å². The van der Waals surface area contributed by atoms with Crippen molar-refractivity contribution in [3.05, 3.63) is 45.4 Å². The smallest absolute Gasteiger partial charge is 0.250 e. The van der Waals surface area contributed by atoms with Gasteiger partial charge in [-0.05, 0) is 53.3 Å². The number of aromatic nitrogens is 1. The van der Waals surface area contributed by atoms with E-state index >= 15 is 0 Å². The maximum absolute atomic E-state index is 11.7. The van der Waals surface area contributed by atoms with Gasteiger partial charge in [-0.2, -0.15) is 0 Å². The molecule has 0 amide bonds. The Kier molecular flexibility index (Phi) is 2.13. The highest BCUT2D eigenvalue weighted by Gasteiger charge is 2.24. The van der Waals surface area contributed by atoms with Crippen LogP contribution in [0.5, 0.6) is 0 Å². The summed E-state index contributed by atoms with van der Waals surface area (Å²) >= 11 is 0. The zero-order chi connectivity index (χ0) is 12.2. The van der Waals surface area contributed by atoms with Gasteiger partial charge in [0.05, 0.1) is 6.10 Å². The van der Waals surface area contributed by atoms with E-state index in [2.05, 4.69) is 13.0 Å². The fourth-order valence-corrected chi connectivity index (χ4v) is 2.83. The number of aliphatic hydroxyl groups excluding tert-OH is 1. The van der Waals surface area contributed by atoms with Crippen molar-refractivity contribution < 1.29 is 5.11 Å². The number of benzene rings is 1. The second-order valence-electron chi connectivity index (χ2n) is 4.87. The highest BCUT2D eigenvalue weighted by Crippen LogP contribution is 2.38. The Morgan fingerprint density at radius 2 is 2.18 bits per heavy atom. The topological polar surface area (TPSA) is 42.2 Å². The molecule has 1 aliphatic carbocycles. The molecule has 3 heteroatoms. The van der Waals surface area contributed by atoms with Crippen molar-refractivity contribution in [2.45, 2.75) is 25.9 Å². The first kappa shape index (κ1) is 10.5. The molecule has 0 aliphatic heterocycles. The van der Waals surface area contributed by atoms with Crippen LogP contribution in [-0.2, 0) is 13.5 Å². The molecular formula is C14H15NO2. The standard InChI is InChI=1S/C14H15NO2/c1-8-5-9-7-15(2)13(17)6-11(9)14-10(8)3-4-12(14)16/h5-7,12,16H,3-4H2,1-2H3. The van der Waals surface area contributed by atoms with Gasteiger partial charge >= 0.3 is 0 Å². The number of rotatable bonds is 0. The van der Waals surface area contributed by atoms with Gasteiger partial charge in [0, 0.05) is 19.3 Å². The molecule has 1 aromatic heterocycles. The lowest BCUT2D eigenvalue weighted by Gasteiger charge is -2.12. The number of pyridine rings is 1. The van der Waals surface area contributed by atoms with Crippen LogP contribution in [-0.4, -0.2) is 9.67 Å². The first-order chi connectivity index (χ1) is 8.08. The van der Waals surface area contributed by atoms with Gasteiger partial charge in [0.15, 0.2) is 0 Å². The summed E-state index contributed by atoms with van der Waals surface area (Å²) in [4.78, 5) is 11.7. The molecule has 1 aliphatic rings. The monoisotopic (exact) mass is 229 g/mol. The summed E-state index contributed by atoms with van der Waals surface area (Å²) in [6.07, 6.45) is 3.10. The van der Waals surface area contributed by atoms with Crippen LogP contribution in [0.15, 0.2) is 23.1 Å². The molecule has 1 aromatic carbocycles. The maximum atomic E-state index is 11.7. The predicted octanol–water partition coefficient (Wildman–Crippen LogP) is 1.83. The van der Waals surface area contributed by atoms with E-state index in [1.165, 1.54) is 11.1 Å². The van der Waals surface area contributed by atoms with E-state index in [1.807, 2.05) is 6.20 Å². The fraction of sp³-hybridized carbons (Fsp3) is 0.357. The fourth-order valence-electron chi connectivity index (χ4n) is 2.83. The Bertz CT molecular complexity index is 670. The van der Waals surface area contributed by atoms with E-state index in [1.54, 1.807) is 17.7 Å². The zero-order valence-corrected chi connectivity index (χ0v) is 10.0. The van der Waals surface area contributed by atoms with E-state index in [0.717, 1.165) is 29.2 Å². The summed E-state index contributed by atoms with van der Waals surface area (Å²) in [5, 5.41) is 12.0. The molecule has 3 rings (SSSR count). The highest BCUT2D eigenvalue weighted by molar-refractivity contribution is 5.88. The van der Waals surface area contributed by atoms with Crippen molar-refractivity contribution in [3.63, 3.8) is 0 Å². The van der Waals surface area contributed by atoms with E-state index < -0.39 is 6.10 Å². The summed E-state index contributed by atoms with van der Waals surface area (Å²) in [6.45, 7) is 2.07. The first-order valence-corrected chi connectivity index (χ1v) is 5.89. The summed E-state index contributed by atoms with van der Waals surface area (Å²) in [7, 11) is 1.75. The van der Waals surface area contributed by atoms with Crippen LogP contribution >= 0.6 is 0 Å². The molecule has 0 fully saturated rings. The number of hydrogen-bond acceptors (Lipinski definition) is 2. The zero-order valence-electron chi connectivity index (χ0n) is 10.0. The van der Waals surface area contributed by atoms with Crippen LogP contribution in [0, 0.1) is 6.92 Å². The van der Waals surface area contributed by atoms with Gasteiger partial charge in [0.25, 0.3) is 5.56 Å². The van der Waals surface area contributed by atoms with Crippen molar-refractivity contribution in [3.8, 4) is 0 Å². The number of hydrogen-bond donors (Lipinski definition) is 1. The minimum atomic E-state index is -0.417. The summed E-state index contributed by atoms with van der Waals surface area (Å²) < 4.78 is 1.58. The van der Waals surface area contributed by atoms with Crippen LogP contribution in [0.4, 0.5) is 0 Å². The molecule has 2 aromatic rings. The molecule has 1 N–H and O–H groups in total. The Labute approximate surface area is 99.3 Å². The lowest BCUT2D eigenvalue weighted by atomic mass is 9.97. The third-order valence-corrected chi connectivity index (χ3v) is 3.72. The lowest BCUT2D eigenvalue weighted by molar-refractivity contribution is 0.181. The average Bonchev–Trinajstić information content (AvgIpc) is 2.65. The van der Waals surface area contributed by atoms with Crippen LogP contribution in [0.3, 0.4) is 0 Å². The Balaban J connectivity index is 2.49. The van der Waals surface area contributed by atoms with E-state index in [-0.39, 0.29) is 5.56 Å².